The van der Waals surface area contributed by atoms with Gasteiger partial charge in [0.1, 0.15) is 12.5 Å². The van der Waals surface area contributed by atoms with E-state index in [-0.39, 0.29) is 0 Å². The second kappa shape index (κ2) is 3.62. The van der Waals surface area contributed by atoms with E-state index in [2.05, 4.69) is 23.1 Å². The number of nitrogens with zero attached hydrogens (tertiary/aromatic N) is 1. The van der Waals surface area contributed by atoms with Crippen LogP contribution in [0.2, 0.25) is 0 Å². The number of hydrogen-bond acceptors (Lipinski definition) is 2. The van der Waals surface area contributed by atoms with Crippen molar-refractivity contribution < 1.29 is 4.74 Å². The first kappa shape index (κ1) is 8.32. The molecule has 2 rings (SSSR count). The first-order valence-corrected chi connectivity index (χ1v) is 4.43. The van der Waals surface area contributed by atoms with Crippen LogP contribution in [0.5, 0.6) is 0 Å². The van der Waals surface area contributed by atoms with Crippen molar-refractivity contribution in [3.05, 3.63) is 42.0 Å². The maximum atomic E-state index is 5.56. The molecule has 68 valence electrons. The summed E-state index contributed by atoms with van der Waals surface area (Å²) in [6, 6.07) is 10.2. The van der Waals surface area contributed by atoms with Crippen LogP contribution >= 0.6 is 0 Å². The Hall–Kier alpha value is -1.28. The number of likely N-dealkylation sites (N-methyl/N-ethyl adjacent to an activating group) is 1. The summed E-state index contributed by atoms with van der Waals surface area (Å²) in [6.07, 6.45) is 2.11. The fourth-order valence-electron chi connectivity index (χ4n) is 1.33. The molecule has 0 saturated heterocycles. The zero-order chi connectivity index (χ0) is 9.10. The SMILES string of the molecule is CN1CC=C(c2ccccc2)OC1. The Labute approximate surface area is 78.4 Å². The maximum absolute atomic E-state index is 5.56. The van der Waals surface area contributed by atoms with Crippen LogP contribution in [0.25, 0.3) is 5.76 Å². The molecule has 0 aliphatic carbocycles. The number of ether oxygens (including phenoxy) is 1. The average Bonchev–Trinajstić information content (AvgIpc) is 2.20. The van der Waals surface area contributed by atoms with Gasteiger partial charge in [-0.2, -0.15) is 0 Å². The molecule has 2 heteroatoms. The zero-order valence-corrected chi connectivity index (χ0v) is 7.73. The maximum Gasteiger partial charge on any atom is 0.142 e. The Kier molecular flexibility index (Phi) is 2.32. The monoisotopic (exact) mass is 175 g/mol. The predicted octanol–water partition coefficient (Wildman–Crippen LogP) is 1.95. The molecule has 0 amide bonds. The molecule has 0 atom stereocenters. The smallest absolute Gasteiger partial charge is 0.142 e. The Balaban J connectivity index is 2.19. The van der Waals surface area contributed by atoms with Gasteiger partial charge >= 0.3 is 0 Å². The third-order valence-electron chi connectivity index (χ3n) is 2.09. The molecule has 1 aromatic rings. The van der Waals surface area contributed by atoms with E-state index in [1.165, 1.54) is 0 Å². The van der Waals surface area contributed by atoms with Crippen LogP contribution in [0.15, 0.2) is 36.4 Å². The van der Waals surface area contributed by atoms with Crippen molar-refractivity contribution >= 4 is 5.76 Å². The van der Waals surface area contributed by atoms with Crippen molar-refractivity contribution in [2.75, 3.05) is 20.3 Å². The van der Waals surface area contributed by atoms with E-state index in [1.807, 2.05) is 25.2 Å². The summed E-state index contributed by atoms with van der Waals surface area (Å²) < 4.78 is 5.56. The summed E-state index contributed by atoms with van der Waals surface area (Å²) >= 11 is 0. The van der Waals surface area contributed by atoms with Gasteiger partial charge in [-0.3, -0.25) is 4.90 Å². The first-order valence-electron chi connectivity index (χ1n) is 4.43. The van der Waals surface area contributed by atoms with Crippen molar-refractivity contribution in [1.29, 1.82) is 0 Å². The molecular formula is C11H13NO. The lowest BCUT2D eigenvalue weighted by Crippen LogP contribution is -2.25. The van der Waals surface area contributed by atoms with Gasteiger partial charge in [-0.05, 0) is 13.1 Å². The van der Waals surface area contributed by atoms with Crippen LogP contribution in [0.3, 0.4) is 0 Å². The lowest BCUT2D eigenvalue weighted by Gasteiger charge is -2.22. The molecule has 0 radical (unpaired) electrons. The fraction of sp³-hybridized carbons (Fsp3) is 0.273. The molecule has 0 N–H and O–H groups in total. The van der Waals surface area contributed by atoms with Crippen LogP contribution in [0, 0.1) is 0 Å². The molecule has 0 fully saturated rings. The van der Waals surface area contributed by atoms with Gasteiger partial charge in [-0.15, -0.1) is 0 Å². The lowest BCUT2D eigenvalue weighted by atomic mass is 10.2. The molecule has 1 aliphatic heterocycles. The van der Waals surface area contributed by atoms with Crippen LogP contribution in [-0.4, -0.2) is 25.2 Å². The molecule has 1 aromatic carbocycles. The van der Waals surface area contributed by atoms with Gasteiger partial charge < -0.3 is 4.74 Å². The van der Waals surface area contributed by atoms with E-state index in [1.54, 1.807) is 0 Å². The highest BCUT2D eigenvalue weighted by atomic mass is 16.5. The molecule has 0 unspecified atom stereocenters. The van der Waals surface area contributed by atoms with Gasteiger partial charge in [-0.25, -0.2) is 0 Å². The second-order valence-electron chi connectivity index (χ2n) is 3.25. The van der Waals surface area contributed by atoms with Gasteiger partial charge in [0.25, 0.3) is 0 Å². The third-order valence-corrected chi connectivity index (χ3v) is 2.09. The Morgan fingerprint density at radius 1 is 1.23 bits per heavy atom. The van der Waals surface area contributed by atoms with Crippen LogP contribution < -0.4 is 0 Å². The van der Waals surface area contributed by atoms with Crippen LogP contribution in [0.4, 0.5) is 0 Å². The molecule has 2 nitrogen and oxygen atoms in total. The molecular weight excluding hydrogens is 162 g/mol. The summed E-state index contributed by atoms with van der Waals surface area (Å²) in [5.41, 5.74) is 1.16. The highest BCUT2D eigenvalue weighted by Gasteiger charge is 2.09. The van der Waals surface area contributed by atoms with Crippen LogP contribution in [0.1, 0.15) is 5.56 Å². The molecule has 1 aliphatic rings. The average molecular weight is 175 g/mol. The Morgan fingerprint density at radius 2 is 2.00 bits per heavy atom. The summed E-state index contributed by atoms with van der Waals surface area (Å²) in [6.45, 7) is 1.64. The molecule has 1 heterocycles. The standard InChI is InChI=1S/C11H13NO/c1-12-8-7-11(13-9-12)10-5-3-2-4-6-10/h2-7H,8-9H2,1H3. The van der Waals surface area contributed by atoms with Crippen LogP contribution in [-0.2, 0) is 4.74 Å². The highest BCUT2D eigenvalue weighted by Crippen LogP contribution is 2.18. The minimum absolute atomic E-state index is 0.681. The minimum atomic E-state index is 0.681. The van der Waals surface area contributed by atoms with Gasteiger partial charge in [-0.1, -0.05) is 30.3 Å². The zero-order valence-electron chi connectivity index (χ0n) is 7.73. The van der Waals surface area contributed by atoms with Crippen molar-refractivity contribution in [3.8, 4) is 0 Å². The number of hydrogen-bond donors (Lipinski definition) is 0. The van der Waals surface area contributed by atoms with E-state index in [4.69, 9.17) is 4.74 Å². The quantitative estimate of drug-likeness (QED) is 0.646. The molecule has 0 aromatic heterocycles. The number of rotatable bonds is 1. The van der Waals surface area contributed by atoms with Gasteiger partial charge in [0.15, 0.2) is 0 Å². The van der Waals surface area contributed by atoms with E-state index in [0.717, 1.165) is 17.9 Å². The summed E-state index contributed by atoms with van der Waals surface area (Å²) in [5.74, 6) is 0.999. The van der Waals surface area contributed by atoms with E-state index in [0.29, 0.717) is 6.73 Å². The second-order valence-corrected chi connectivity index (χ2v) is 3.25. The van der Waals surface area contributed by atoms with Crippen molar-refractivity contribution in [3.63, 3.8) is 0 Å². The van der Waals surface area contributed by atoms with E-state index < -0.39 is 0 Å². The summed E-state index contributed by atoms with van der Waals surface area (Å²) in [5, 5.41) is 0. The predicted molar refractivity (Wildman–Crippen MR) is 53.0 cm³/mol. The lowest BCUT2D eigenvalue weighted by molar-refractivity contribution is 0.123. The van der Waals surface area contributed by atoms with Crippen molar-refractivity contribution in [2.45, 2.75) is 0 Å². The summed E-state index contributed by atoms with van der Waals surface area (Å²) in [7, 11) is 2.04. The first-order chi connectivity index (χ1) is 6.36. The van der Waals surface area contributed by atoms with E-state index >= 15 is 0 Å². The normalized spacial score (nSPS) is 17.8. The fourth-order valence-corrected chi connectivity index (χ4v) is 1.33. The summed E-state index contributed by atoms with van der Waals surface area (Å²) in [4.78, 5) is 2.12. The van der Waals surface area contributed by atoms with Gasteiger partial charge in [0, 0.05) is 12.1 Å². The Morgan fingerprint density at radius 3 is 2.62 bits per heavy atom. The third kappa shape index (κ3) is 1.90. The highest BCUT2D eigenvalue weighted by molar-refractivity contribution is 5.60. The molecule has 0 bridgehead atoms. The minimum Gasteiger partial charge on any atom is -0.478 e. The largest absolute Gasteiger partial charge is 0.478 e. The molecule has 0 spiro atoms. The van der Waals surface area contributed by atoms with Crippen molar-refractivity contribution in [1.82, 2.24) is 4.90 Å². The molecule has 0 saturated carbocycles. The van der Waals surface area contributed by atoms with Gasteiger partial charge in [0.05, 0.1) is 0 Å². The Bertz CT molecular complexity index is 305. The van der Waals surface area contributed by atoms with E-state index in [9.17, 15) is 0 Å². The van der Waals surface area contributed by atoms with Crippen molar-refractivity contribution in [2.24, 2.45) is 0 Å². The topological polar surface area (TPSA) is 12.5 Å². The number of benzene rings is 1. The van der Waals surface area contributed by atoms with Gasteiger partial charge in [0.2, 0.25) is 0 Å². The molecule has 13 heavy (non-hydrogen) atoms.